The van der Waals surface area contributed by atoms with E-state index in [1.807, 2.05) is 32.9 Å². The molecule has 2 aromatic rings. The van der Waals surface area contributed by atoms with Crippen LogP contribution in [-0.2, 0) is 6.42 Å². The Morgan fingerprint density at radius 2 is 2.16 bits per heavy atom. The summed E-state index contributed by atoms with van der Waals surface area (Å²) >= 11 is 1.49. The third-order valence-corrected chi connectivity index (χ3v) is 3.95. The molecule has 3 N–H and O–H groups in total. The zero-order valence-corrected chi connectivity index (χ0v) is 12.1. The lowest BCUT2D eigenvalue weighted by atomic mass is 10.1. The number of anilines is 2. The summed E-state index contributed by atoms with van der Waals surface area (Å²) in [5.41, 5.74) is 8.86. The van der Waals surface area contributed by atoms with E-state index in [9.17, 15) is 4.79 Å². The van der Waals surface area contributed by atoms with E-state index in [1.165, 1.54) is 11.3 Å². The van der Waals surface area contributed by atoms with Crippen molar-refractivity contribution >= 4 is 28.1 Å². The maximum atomic E-state index is 12.2. The Labute approximate surface area is 116 Å². The number of nitrogens with one attached hydrogen (secondary N) is 1. The van der Waals surface area contributed by atoms with Gasteiger partial charge < -0.3 is 5.73 Å². The lowest BCUT2D eigenvalue weighted by Gasteiger charge is -2.07. The number of para-hydroxylation sites is 1. The van der Waals surface area contributed by atoms with E-state index in [4.69, 9.17) is 5.73 Å². The highest BCUT2D eigenvalue weighted by Crippen LogP contribution is 2.24. The molecule has 100 valence electrons. The number of carbonyl (C=O) groups is 1. The molecule has 0 radical (unpaired) electrons. The minimum absolute atomic E-state index is 0.211. The van der Waals surface area contributed by atoms with Crippen LogP contribution in [0.3, 0.4) is 0 Å². The van der Waals surface area contributed by atoms with Gasteiger partial charge in [-0.3, -0.25) is 10.1 Å². The number of nitrogens with zero attached hydrogens (tertiary/aromatic N) is 1. The summed E-state index contributed by atoms with van der Waals surface area (Å²) in [7, 11) is 0. The fourth-order valence-electron chi connectivity index (χ4n) is 1.85. The van der Waals surface area contributed by atoms with Crippen LogP contribution in [0.4, 0.5) is 10.8 Å². The smallest absolute Gasteiger partial charge is 0.259 e. The van der Waals surface area contributed by atoms with E-state index in [0.29, 0.717) is 16.4 Å². The molecule has 0 saturated heterocycles. The van der Waals surface area contributed by atoms with E-state index in [1.54, 1.807) is 6.07 Å². The predicted molar refractivity (Wildman–Crippen MR) is 79.8 cm³/mol. The largest absolute Gasteiger partial charge is 0.398 e. The first-order valence-corrected chi connectivity index (χ1v) is 6.97. The summed E-state index contributed by atoms with van der Waals surface area (Å²) in [4.78, 5) is 17.7. The average Bonchev–Trinajstić information content (AvgIpc) is 2.72. The molecule has 4 nitrogen and oxygen atoms in total. The summed E-state index contributed by atoms with van der Waals surface area (Å²) in [5, 5.41) is 3.44. The van der Waals surface area contributed by atoms with Crippen LogP contribution in [0.25, 0.3) is 0 Å². The topological polar surface area (TPSA) is 68.0 Å². The number of aryl methyl sites for hydroxylation is 3. The molecule has 0 saturated carbocycles. The summed E-state index contributed by atoms with van der Waals surface area (Å²) in [5.74, 6) is -0.211. The summed E-state index contributed by atoms with van der Waals surface area (Å²) in [6, 6.07) is 5.43. The van der Waals surface area contributed by atoms with Gasteiger partial charge in [-0.15, -0.1) is 11.3 Å². The molecule has 5 heteroatoms. The number of aromatic nitrogens is 1. The van der Waals surface area contributed by atoms with Crippen LogP contribution >= 0.6 is 11.3 Å². The predicted octanol–water partition coefficient (Wildman–Crippen LogP) is 3.16. The Kier molecular flexibility index (Phi) is 3.85. The molecule has 0 spiro atoms. The number of hydrogen-bond acceptors (Lipinski definition) is 4. The molecule has 0 fully saturated rings. The molecule has 1 aromatic carbocycles. The lowest BCUT2D eigenvalue weighted by Crippen LogP contribution is -2.14. The monoisotopic (exact) mass is 275 g/mol. The van der Waals surface area contributed by atoms with Gasteiger partial charge in [-0.1, -0.05) is 19.1 Å². The lowest BCUT2D eigenvalue weighted by molar-refractivity contribution is 0.102. The van der Waals surface area contributed by atoms with Gasteiger partial charge in [0.25, 0.3) is 5.91 Å². The van der Waals surface area contributed by atoms with Gasteiger partial charge in [0.1, 0.15) is 0 Å². The van der Waals surface area contributed by atoms with Crippen molar-refractivity contribution in [3.05, 3.63) is 39.9 Å². The first-order valence-electron chi connectivity index (χ1n) is 6.15. The molecule has 0 unspecified atom stereocenters. The molecule has 2 rings (SSSR count). The highest BCUT2D eigenvalue weighted by atomic mass is 32.1. The average molecular weight is 275 g/mol. The van der Waals surface area contributed by atoms with E-state index in [2.05, 4.69) is 10.3 Å². The van der Waals surface area contributed by atoms with Crippen LogP contribution < -0.4 is 11.1 Å². The zero-order chi connectivity index (χ0) is 14.0. The van der Waals surface area contributed by atoms with Crippen molar-refractivity contribution < 1.29 is 4.79 Å². The normalized spacial score (nSPS) is 10.5. The molecule has 0 aliphatic carbocycles. The van der Waals surface area contributed by atoms with Gasteiger partial charge in [-0.25, -0.2) is 4.98 Å². The van der Waals surface area contributed by atoms with Crippen molar-refractivity contribution in [1.82, 2.24) is 4.98 Å². The Balaban J connectivity index is 2.23. The van der Waals surface area contributed by atoms with Crippen molar-refractivity contribution in [1.29, 1.82) is 0 Å². The van der Waals surface area contributed by atoms with Crippen LogP contribution in [-0.4, -0.2) is 10.9 Å². The third-order valence-electron chi connectivity index (χ3n) is 3.02. The minimum Gasteiger partial charge on any atom is -0.398 e. The summed E-state index contributed by atoms with van der Waals surface area (Å²) < 4.78 is 0. The summed E-state index contributed by atoms with van der Waals surface area (Å²) in [6.07, 6.45) is 0.866. The van der Waals surface area contributed by atoms with Crippen LogP contribution in [0.1, 0.15) is 33.4 Å². The number of nitrogens with two attached hydrogens (primary N) is 1. The van der Waals surface area contributed by atoms with Gasteiger partial charge in [0.2, 0.25) is 0 Å². The minimum atomic E-state index is -0.211. The molecule has 1 heterocycles. The third kappa shape index (κ3) is 2.76. The summed E-state index contributed by atoms with van der Waals surface area (Å²) in [6.45, 7) is 5.94. The van der Waals surface area contributed by atoms with Gasteiger partial charge >= 0.3 is 0 Å². The second kappa shape index (κ2) is 5.40. The molecule has 0 aliphatic rings. The number of nitrogen functional groups attached to an aromatic ring is 1. The Hall–Kier alpha value is -1.88. The number of thiazole rings is 1. The Morgan fingerprint density at radius 1 is 1.42 bits per heavy atom. The molecule has 0 atom stereocenters. The first-order chi connectivity index (χ1) is 9.02. The maximum absolute atomic E-state index is 12.2. The fourth-order valence-corrected chi connectivity index (χ4v) is 2.75. The quantitative estimate of drug-likeness (QED) is 0.845. The van der Waals surface area contributed by atoms with Crippen LogP contribution in [0.5, 0.6) is 0 Å². The van der Waals surface area contributed by atoms with Crippen LogP contribution in [0.15, 0.2) is 18.2 Å². The number of rotatable bonds is 3. The number of carbonyl (C=O) groups excluding carboxylic acids is 1. The van der Waals surface area contributed by atoms with Crippen molar-refractivity contribution in [3.63, 3.8) is 0 Å². The second-order valence-electron chi connectivity index (χ2n) is 4.37. The van der Waals surface area contributed by atoms with Gasteiger partial charge in [0, 0.05) is 10.6 Å². The number of amides is 1. The Bertz CT molecular complexity index is 619. The van der Waals surface area contributed by atoms with Gasteiger partial charge in [0.05, 0.1) is 11.3 Å². The fraction of sp³-hybridized carbons (Fsp3) is 0.286. The highest BCUT2D eigenvalue weighted by molar-refractivity contribution is 7.15. The van der Waals surface area contributed by atoms with Gasteiger partial charge in [0.15, 0.2) is 5.13 Å². The van der Waals surface area contributed by atoms with Gasteiger partial charge in [-0.2, -0.15) is 0 Å². The van der Waals surface area contributed by atoms with Crippen LogP contribution in [0, 0.1) is 13.8 Å². The first kappa shape index (κ1) is 13.5. The molecule has 0 aliphatic heterocycles. The number of benzene rings is 1. The molecule has 0 bridgehead atoms. The van der Waals surface area contributed by atoms with Crippen molar-refractivity contribution in [2.24, 2.45) is 0 Å². The highest BCUT2D eigenvalue weighted by Gasteiger charge is 2.14. The van der Waals surface area contributed by atoms with Crippen molar-refractivity contribution in [2.45, 2.75) is 27.2 Å². The molecule has 19 heavy (non-hydrogen) atoms. The SMILES string of the molecule is CCc1nc(NC(=O)c2cccc(C)c2N)sc1C. The van der Waals surface area contributed by atoms with Crippen LogP contribution in [0.2, 0.25) is 0 Å². The Morgan fingerprint density at radius 3 is 2.79 bits per heavy atom. The molecular weight excluding hydrogens is 258 g/mol. The van der Waals surface area contributed by atoms with E-state index in [0.717, 1.165) is 22.6 Å². The van der Waals surface area contributed by atoms with Crippen molar-refractivity contribution in [2.75, 3.05) is 11.1 Å². The molecule has 1 amide bonds. The maximum Gasteiger partial charge on any atom is 0.259 e. The van der Waals surface area contributed by atoms with Gasteiger partial charge in [-0.05, 0) is 31.9 Å². The van der Waals surface area contributed by atoms with E-state index < -0.39 is 0 Å². The zero-order valence-electron chi connectivity index (χ0n) is 11.3. The number of hydrogen-bond donors (Lipinski definition) is 2. The standard InChI is InChI=1S/C14H17N3OS/c1-4-11-9(3)19-14(16-11)17-13(18)10-7-5-6-8(2)12(10)15/h5-7H,4,15H2,1-3H3,(H,16,17,18). The second-order valence-corrected chi connectivity index (χ2v) is 5.57. The van der Waals surface area contributed by atoms with E-state index >= 15 is 0 Å². The van der Waals surface area contributed by atoms with E-state index in [-0.39, 0.29) is 5.91 Å². The molecular formula is C14H17N3OS. The molecule has 1 aromatic heterocycles. The van der Waals surface area contributed by atoms with Crippen molar-refractivity contribution in [3.8, 4) is 0 Å².